The highest BCUT2D eigenvalue weighted by Gasteiger charge is 2.19. The molecule has 4 N–H and O–H groups in total. The van der Waals surface area contributed by atoms with Gasteiger partial charge in [-0.15, -0.1) is 17.5 Å². The Morgan fingerprint density at radius 2 is 2.15 bits per heavy atom. The Morgan fingerprint density at radius 3 is 2.85 bits per heavy atom. The highest BCUT2D eigenvalue weighted by molar-refractivity contribution is 5.85. The van der Waals surface area contributed by atoms with Crippen LogP contribution in [0, 0.1) is 13.8 Å². The van der Waals surface area contributed by atoms with Gasteiger partial charge in [0.25, 0.3) is 0 Å². The lowest BCUT2D eigenvalue weighted by Crippen LogP contribution is -2.48. The maximum absolute atomic E-state index is 9.57. The van der Waals surface area contributed by atoms with Crippen molar-refractivity contribution >= 4 is 24.1 Å². The van der Waals surface area contributed by atoms with Crippen LogP contribution in [0.2, 0.25) is 0 Å². The maximum Gasteiger partial charge on any atom is 0.320 e. The molecule has 0 amide bonds. The smallest absolute Gasteiger partial charge is 0.320 e. The monoisotopic (exact) mass is 397 g/mol. The summed E-state index contributed by atoms with van der Waals surface area (Å²) in [4.78, 5) is 2.45. The number of aliphatic hydroxyl groups is 2. The SMILES string of the molecule is Cc1cc(CN2CCN[C@@H](C)C2)c(C)c(Nc2nnc(C(O)CO)o2)c1.Cl. The number of benzene rings is 1. The van der Waals surface area contributed by atoms with E-state index in [2.05, 4.69) is 52.6 Å². The van der Waals surface area contributed by atoms with Gasteiger partial charge in [-0.05, 0) is 43.5 Å². The molecule has 27 heavy (non-hydrogen) atoms. The fraction of sp³-hybridized carbons (Fsp3) is 0.556. The van der Waals surface area contributed by atoms with Crippen molar-refractivity contribution in [2.45, 2.75) is 39.5 Å². The van der Waals surface area contributed by atoms with E-state index < -0.39 is 12.7 Å². The zero-order chi connectivity index (χ0) is 18.7. The number of rotatable bonds is 6. The molecule has 8 nitrogen and oxygen atoms in total. The average molecular weight is 398 g/mol. The van der Waals surface area contributed by atoms with Crippen LogP contribution in [0.3, 0.4) is 0 Å². The number of anilines is 2. The van der Waals surface area contributed by atoms with Gasteiger partial charge in [0.1, 0.15) is 0 Å². The van der Waals surface area contributed by atoms with Crippen LogP contribution in [-0.4, -0.2) is 57.6 Å². The molecule has 1 unspecified atom stereocenters. The minimum Gasteiger partial charge on any atom is -0.405 e. The molecule has 0 spiro atoms. The first-order chi connectivity index (χ1) is 12.5. The Labute approximate surface area is 165 Å². The fourth-order valence-corrected chi connectivity index (χ4v) is 3.24. The van der Waals surface area contributed by atoms with Crippen molar-refractivity contribution in [3.8, 4) is 0 Å². The molecule has 3 rings (SSSR count). The number of halogens is 1. The predicted octanol–water partition coefficient (Wildman–Crippen LogP) is 1.67. The van der Waals surface area contributed by atoms with Crippen LogP contribution in [0.15, 0.2) is 16.5 Å². The van der Waals surface area contributed by atoms with E-state index in [4.69, 9.17) is 9.52 Å². The summed E-state index contributed by atoms with van der Waals surface area (Å²) in [6, 6.07) is 4.94. The number of piperazine rings is 1. The third-order valence-electron chi connectivity index (χ3n) is 4.65. The molecule has 1 saturated heterocycles. The number of nitrogens with zero attached hydrogens (tertiary/aromatic N) is 3. The zero-order valence-electron chi connectivity index (χ0n) is 15.9. The largest absolute Gasteiger partial charge is 0.405 e. The summed E-state index contributed by atoms with van der Waals surface area (Å²) in [5.41, 5.74) is 4.43. The Kier molecular flexibility index (Phi) is 7.58. The Hall–Kier alpha value is -1.71. The van der Waals surface area contributed by atoms with E-state index >= 15 is 0 Å². The number of nitrogens with one attached hydrogen (secondary N) is 2. The van der Waals surface area contributed by atoms with Gasteiger partial charge in [0, 0.05) is 37.9 Å². The topological polar surface area (TPSA) is 107 Å². The zero-order valence-corrected chi connectivity index (χ0v) is 16.7. The normalized spacial score (nSPS) is 18.8. The lowest BCUT2D eigenvalue weighted by molar-refractivity contribution is 0.0737. The predicted molar refractivity (Wildman–Crippen MR) is 106 cm³/mol. The molecular formula is C18H28ClN5O3. The standard InChI is InChI=1S/C18H27N5O3.ClH/c1-11-6-14(9-23-5-4-19-12(2)8-23)13(3)15(7-11)20-18-22-21-17(26-18)16(25)10-24;/h6-7,12,16,19,24-25H,4-5,8-10H2,1-3H3,(H,20,22);1H/t12-,16?;/m0./s1. The molecule has 1 aromatic heterocycles. The van der Waals surface area contributed by atoms with Gasteiger partial charge in [-0.25, -0.2) is 0 Å². The molecule has 1 aliphatic rings. The number of hydrogen-bond acceptors (Lipinski definition) is 8. The van der Waals surface area contributed by atoms with Gasteiger partial charge < -0.3 is 25.3 Å². The van der Waals surface area contributed by atoms with Gasteiger partial charge in [0.2, 0.25) is 5.89 Å². The van der Waals surface area contributed by atoms with Gasteiger partial charge in [-0.3, -0.25) is 4.90 Å². The van der Waals surface area contributed by atoms with E-state index in [0.717, 1.165) is 43.0 Å². The number of aryl methyl sites for hydroxylation is 1. The van der Waals surface area contributed by atoms with Crippen molar-refractivity contribution in [2.75, 3.05) is 31.6 Å². The number of hydrogen-bond donors (Lipinski definition) is 4. The molecule has 1 aliphatic heterocycles. The van der Waals surface area contributed by atoms with Crippen molar-refractivity contribution in [3.63, 3.8) is 0 Å². The van der Waals surface area contributed by atoms with Crippen LogP contribution in [0.5, 0.6) is 0 Å². The molecule has 0 saturated carbocycles. The van der Waals surface area contributed by atoms with Crippen LogP contribution in [-0.2, 0) is 6.54 Å². The van der Waals surface area contributed by atoms with E-state index in [1.807, 2.05) is 6.07 Å². The molecular weight excluding hydrogens is 370 g/mol. The number of aliphatic hydroxyl groups excluding tert-OH is 2. The molecule has 2 heterocycles. The van der Waals surface area contributed by atoms with Crippen LogP contribution in [0.25, 0.3) is 0 Å². The lowest BCUT2D eigenvalue weighted by Gasteiger charge is -2.32. The Morgan fingerprint density at radius 1 is 1.37 bits per heavy atom. The maximum atomic E-state index is 9.57. The van der Waals surface area contributed by atoms with Crippen LogP contribution in [0.1, 0.15) is 35.6 Å². The third kappa shape index (κ3) is 5.40. The van der Waals surface area contributed by atoms with E-state index in [9.17, 15) is 5.11 Å². The molecule has 0 radical (unpaired) electrons. The summed E-state index contributed by atoms with van der Waals surface area (Å²) in [5.74, 6) is -0.00432. The van der Waals surface area contributed by atoms with Crippen LogP contribution in [0.4, 0.5) is 11.7 Å². The second-order valence-electron chi connectivity index (χ2n) is 6.96. The molecule has 1 fully saturated rings. The molecule has 2 aromatic rings. The summed E-state index contributed by atoms with van der Waals surface area (Å²) in [5, 5.41) is 32.8. The highest BCUT2D eigenvalue weighted by atomic mass is 35.5. The minimum atomic E-state index is -1.16. The lowest BCUT2D eigenvalue weighted by atomic mass is 10.0. The molecule has 1 aromatic carbocycles. The second kappa shape index (κ2) is 9.48. The van der Waals surface area contributed by atoms with Gasteiger partial charge in [0.05, 0.1) is 6.61 Å². The average Bonchev–Trinajstić information content (AvgIpc) is 3.07. The first-order valence-electron chi connectivity index (χ1n) is 8.91. The Bertz CT molecular complexity index is 755. The van der Waals surface area contributed by atoms with Crippen molar-refractivity contribution in [1.29, 1.82) is 0 Å². The quantitative estimate of drug-likeness (QED) is 0.583. The highest BCUT2D eigenvalue weighted by Crippen LogP contribution is 2.26. The molecule has 2 atom stereocenters. The van der Waals surface area contributed by atoms with Gasteiger partial charge in [-0.1, -0.05) is 11.2 Å². The van der Waals surface area contributed by atoms with Crippen molar-refractivity contribution in [1.82, 2.24) is 20.4 Å². The first kappa shape index (κ1) is 21.6. The second-order valence-corrected chi connectivity index (χ2v) is 6.96. The minimum absolute atomic E-state index is 0. The van der Waals surface area contributed by atoms with Gasteiger partial charge >= 0.3 is 6.01 Å². The summed E-state index contributed by atoms with van der Waals surface area (Å²) in [6.45, 7) is 9.84. The van der Waals surface area contributed by atoms with Crippen molar-refractivity contribution < 1.29 is 14.6 Å². The number of aromatic nitrogens is 2. The molecule has 0 aliphatic carbocycles. The van der Waals surface area contributed by atoms with E-state index in [-0.39, 0.29) is 24.3 Å². The van der Waals surface area contributed by atoms with E-state index in [1.54, 1.807) is 0 Å². The Balaban J connectivity index is 0.00000261. The summed E-state index contributed by atoms with van der Waals surface area (Å²) in [6.07, 6.45) is -1.16. The van der Waals surface area contributed by atoms with E-state index in [0.29, 0.717) is 6.04 Å². The summed E-state index contributed by atoms with van der Waals surface area (Å²) < 4.78 is 5.38. The van der Waals surface area contributed by atoms with E-state index in [1.165, 1.54) is 5.56 Å². The first-order valence-corrected chi connectivity index (χ1v) is 8.91. The fourth-order valence-electron chi connectivity index (χ4n) is 3.24. The van der Waals surface area contributed by atoms with Gasteiger partial charge in [0.15, 0.2) is 6.10 Å². The molecule has 150 valence electrons. The summed E-state index contributed by atoms with van der Waals surface area (Å²) in [7, 11) is 0. The van der Waals surface area contributed by atoms with Crippen molar-refractivity contribution in [2.24, 2.45) is 0 Å². The van der Waals surface area contributed by atoms with Crippen LogP contribution < -0.4 is 10.6 Å². The molecule has 0 bridgehead atoms. The van der Waals surface area contributed by atoms with Crippen molar-refractivity contribution in [3.05, 3.63) is 34.7 Å². The molecule has 9 heteroatoms. The van der Waals surface area contributed by atoms with Gasteiger partial charge in [-0.2, -0.15) is 0 Å². The summed E-state index contributed by atoms with van der Waals surface area (Å²) >= 11 is 0. The third-order valence-corrected chi connectivity index (χ3v) is 4.65. The van der Waals surface area contributed by atoms with Crippen LogP contribution >= 0.6 is 12.4 Å².